The Bertz CT molecular complexity index is 4190. The molecule has 0 amide bonds. The molecule has 0 saturated heterocycles. The minimum Gasteiger partial charge on any atom is -0.311 e. The van der Waals surface area contributed by atoms with E-state index in [4.69, 9.17) is 0 Å². The predicted molar refractivity (Wildman–Crippen MR) is 351 cm³/mol. The fourth-order valence-corrected chi connectivity index (χ4v) is 12.4. The zero-order valence-electron chi connectivity index (χ0n) is 45.9. The summed E-state index contributed by atoms with van der Waals surface area (Å²) in [5.41, 5.74) is 27.8. The van der Waals surface area contributed by atoms with Gasteiger partial charge in [0.1, 0.15) is 0 Å². The van der Waals surface area contributed by atoms with Gasteiger partial charge in [0.2, 0.25) is 0 Å². The smallest absolute Gasteiger partial charge is 0.252 e. The molecule has 0 spiro atoms. The molecule has 0 atom stereocenters. The molecule has 0 unspecified atom stereocenters. The predicted octanol–water partition coefficient (Wildman–Crippen LogP) is 19.6. The first kappa shape index (κ1) is 49.8. The molecular formula is C78H58BN3. The van der Waals surface area contributed by atoms with Crippen LogP contribution in [0, 0.1) is 0 Å². The molecule has 0 bridgehead atoms. The molecule has 82 heavy (non-hydrogen) atoms. The summed E-state index contributed by atoms with van der Waals surface area (Å²) in [6, 6.07) is 109. The van der Waals surface area contributed by atoms with Crippen molar-refractivity contribution in [2.45, 2.75) is 13.8 Å². The minimum absolute atomic E-state index is 0.139. The molecule has 388 valence electrons. The first-order valence-electron chi connectivity index (χ1n) is 28.4. The van der Waals surface area contributed by atoms with Gasteiger partial charge in [0, 0.05) is 45.5 Å². The van der Waals surface area contributed by atoms with Crippen molar-refractivity contribution in [2.75, 3.05) is 14.7 Å². The summed E-state index contributed by atoms with van der Waals surface area (Å²) in [7, 11) is 0. The van der Waals surface area contributed by atoms with E-state index in [-0.39, 0.29) is 6.71 Å². The molecule has 0 fully saturated rings. The molecule has 2 aliphatic rings. The molecular weight excluding hydrogens is 990 g/mol. The summed E-state index contributed by atoms with van der Waals surface area (Å²) in [5.74, 6) is 0. The molecule has 0 aliphatic carbocycles. The lowest BCUT2D eigenvalue weighted by Gasteiger charge is -2.45. The fourth-order valence-electron chi connectivity index (χ4n) is 12.4. The van der Waals surface area contributed by atoms with Gasteiger partial charge >= 0.3 is 0 Å². The highest BCUT2D eigenvalue weighted by Gasteiger charge is 2.44. The van der Waals surface area contributed by atoms with Gasteiger partial charge in [0.15, 0.2) is 0 Å². The number of allylic oxidation sites excluding steroid dienone is 4. The number of nitrogens with zero attached hydrogens (tertiary/aromatic N) is 3. The number of fused-ring (bicyclic) bond motifs is 4. The van der Waals surface area contributed by atoms with E-state index in [1.807, 2.05) is 0 Å². The van der Waals surface area contributed by atoms with Crippen LogP contribution in [0.4, 0.5) is 51.2 Å². The van der Waals surface area contributed by atoms with Crippen LogP contribution >= 0.6 is 0 Å². The average Bonchev–Trinajstić information content (AvgIpc) is 1.65. The second kappa shape index (κ2) is 21.7. The monoisotopic (exact) mass is 1050 g/mol. The van der Waals surface area contributed by atoms with Crippen LogP contribution in [-0.2, 0) is 0 Å². The molecule has 0 saturated carbocycles. The van der Waals surface area contributed by atoms with Gasteiger partial charge in [-0.25, -0.2) is 0 Å². The number of rotatable bonds is 12. The highest BCUT2D eigenvalue weighted by Crippen LogP contribution is 2.49. The lowest BCUT2D eigenvalue weighted by molar-refractivity contribution is 1.22. The maximum atomic E-state index is 2.54. The van der Waals surface area contributed by atoms with Gasteiger partial charge in [-0.15, -0.1) is 0 Å². The van der Waals surface area contributed by atoms with Gasteiger partial charge in [0.25, 0.3) is 6.71 Å². The molecule has 14 rings (SSSR count). The molecule has 0 N–H and O–H groups in total. The van der Waals surface area contributed by atoms with Crippen molar-refractivity contribution >= 4 is 79.9 Å². The van der Waals surface area contributed by atoms with Gasteiger partial charge in [-0.3, -0.25) is 0 Å². The van der Waals surface area contributed by atoms with E-state index in [1.54, 1.807) is 0 Å². The van der Waals surface area contributed by atoms with Crippen LogP contribution < -0.4 is 31.1 Å². The third kappa shape index (κ3) is 9.20. The Morgan fingerprint density at radius 2 is 0.659 bits per heavy atom. The Balaban J connectivity index is 1.06. The Kier molecular flexibility index (Phi) is 13.2. The Hall–Kier alpha value is -10.4. The minimum atomic E-state index is -0.139. The summed E-state index contributed by atoms with van der Waals surface area (Å²) < 4.78 is 0. The van der Waals surface area contributed by atoms with Gasteiger partial charge in [0.05, 0.1) is 5.69 Å². The van der Waals surface area contributed by atoms with E-state index in [1.165, 1.54) is 83.2 Å². The molecule has 3 nitrogen and oxygen atoms in total. The third-order valence-electron chi connectivity index (χ3n) is 16.3. The van der Waals surface area contributed by atoms with Crippen LogP contribution in [0.25, 0.3) is 61.2 Å². The Labute approximate surface area is 482 Å². The maximum absolute atomic E-state index is 2.54. The van der Waals surface area contributed by atoms with Crippen molar-refractivity contribution < 1.29 is 0 Å². The van der Waals surface area contributed by atoms with Crippen molar-refractivity contribution in [3.8, 4) is 55.6 Å². The topological polar surface area (TPSA) is 9.72 Å². The van der Waals surface area contributed by atoms with E-state index < -0.39 is 0 Å². The zero-order valence-corrected chi connectivity index (χ0v) is 45.9. The van der Waals surface area contributed by atoms with Gasteiger partial charge in [-0.2, -0.15) is 0 Å². The molecule has 2 aliphatic heterocycles. The summed E-state index contributed by atoms with van der Waals surface area (Å²) in [5, 5.41) is 0. The Morgan fingerprint density at radius 3 is 1.05 bits per heavy atom. The number of benzene rings is 12. The van der Waals surface area contributed by atoms with E-state index in [0.717, 1.165) is 51.2 Å². The molecule has 0 radical (unpaired) electrons. The van der Waals surface area contributed by atoms with Crippen LogP contribution in [0.1, 0.15) is 19.4 Å². The molecule has 12 aromatic carbocycles. The molecule has 0 aromatic heterocycles. The summed E-state index contributed by atoms with van der Waals surface area (Å²) in [6.45, 7) is 4.11. The van der Waals surface area contributed by atoms with Crippen molar-refractivity contribution in [3.63, 3.8) is 0 Å². The van der Waals surface area contributed by atoms with E-state index in [2.05, 4.69) is 344 Å². The lowest BCUT2D eigenvalue weighted by Crippen LogP contribution is -2.61. The number of anilines is 9. The summed E-state index contributed by atoms with van der Waals surface area (Å²) >= 11 is 0. The van der Waals surface area contributed by atoms with Crippen LogP contribution in [0.2, 0.25) is 0 Å². The highest BCUT2D eigenvalue weighted by molar-refractivity contribution is 7.00. The first-order valence-corrected chi connectivity index (χ1v) is 28.4. The maximum Gasteiger partial charge on any atom is 0.252 e. The number of hydrogen-bond donors (Lipinski definition) is 0. The second-order valence-corrected chi connectivity index (χ2v) is 21.1. The van der Waals surface area contributed by atoms with Gasteiger partial charge in [-0.1, -0.05) is 243 Å². The standard InChI is InChI=1S/C78H58BN3/c1-3-20-55(4-2)65-39-49-74-72(51-65)79-73-52-66(60-29-18-9-19-30-60)40-50-75(73)82(70-47-37-64(38-48-70)59-27-16-8-17-28-59)77-54-71(53-76(78(77)79)81(74)69-45-35-63(36-46-69)58-25-14-7-15-26-58)80(67-41-31-61(32-42-67)56-21-10-5-11-22-56)68-43-33-62(34-44-68)57-23-12-6-13-24-57/h3-54H,1-2H3/b20-3-,55-4+. The second-order valence-electron chi connectivity index (χ2n) is 21.1. The zero-order chi connectivity index (χ0) is 54.9. The van der Waals surface area contributed by atoms with Crippen LogP contribution in [0.3, 0.4) is 0 Å². The summed E-state index contributed by atoms with van der Waals surface area (Å²) in [4.78, 5) is 7.52. The lowest BCUT2D eigenvalue weighted by atomic mass is 9.33. The largest absolute Gasteiger partial charge is 0.311 e. The molecule has 12 aromatic rings. The van der Waals surface area contributed by atoms with Crippen LogP contribution in [0.15, 0.2) is 315 Å². The van der Waals surface area contributed by atoms with Crippen LogP contribution in [0.5, 0.6) is 0 Å². The van der Waals surface area contributed by atoms with Crippen LogP contribution in [-0.4, -0.2) is 6.71 Å². The third-order valence-corrected chi connectivity index (χ3v) is 16.3. The van der Waals surface area contributed by atoms with Crippen molar-refractivity contribution in [2.24, 2.45) is 0 Å². The van der Waals surface area contributed by atoms with Crippen molar-refractivity contribution in [1.29, 1.82) is 0 Å². The average molecular weight is 1050 g/mol. The highest BCUT2D eigenvalue weighted by atomic mass is 15.2. The SMILES string of the molecule is C/C=C\C(=C/C)c1ccc2c(c1)B1c3cc(-c4ccccc4)ccc3N(c3ccc(-c4ccccc4)cc3)c3cc(N(c4ccc(-c5ccccc5)cc4)c4ccc(-c5ccccc5)cc4)cc(c31)N2c1ccc(-c2ccccc2)cc1. The fraction of sp³-hybridized carbons (Fsp3) is 0.0256. The van der Waals surface area contributed by atoms with E-state index in [9.17, 15) is 0 Å². The Morgan fingerprint density at radius 1 is 0.317 bits per heavy atom. The van der Waals surface area contributed by atoms with E-state index >= 15 is 0 Å². The first-order chi connectivity index (χ1) is 40.6. The van der Waals surface area contributed by atoms with Crippen molar-refractivity contribution in [1.82, 2.24) is 0 Å². The summed E-state index contributed by atoms with van der Waals surface area (Å²) in [6.07, 6.45) is 6.60. The molecule has 4 heteroatoms. The van der Waals surface area contributed by atoms with Gasteiger partial charge in [-0.05, 0) is 170 Å². The normalized spacial score (nSPS) is 12.5. The quantitative estimate of drug-likeness (QED) is 0.0892. The number of hydrogen-bond acceptors (Lipinski definition) is 3. The van der Waals surface area contributed by atoms with Crippen molar-refractivity contribution in [3.05, 3.63) is 321 Å². The van der Waals surface area contributed by atoms with E-state index in [0.29, 0.717) is 0 Å². The van der Waals surface area contributed by atoms with Gasteiger partial charge < -0.3 is 14.7 Å². The molecule has 2 heterocycles.